The average Bonchev–Trinajstić information content (AvgIpc) is 3.41. The molecule has 1 aliphatic heterocycles. The van der Waals surface area contributed by atoms with Gasteiger partial charge in [0.1, 0.15) is 5.60 Å². The lowest BCUT2D eigenvalue weighted by Crippen LogP contribution is -2.45. The summed E-state index contributed by atoms with van der Waals surface area (Å²) in [6.45, 7) is 1.86. The first kappa shape index (κ1) is 24.5. The Hall–Kier alpha value is -3.23. The number of halogens is 2. The molecule has 0 aliphatic carbocycles. The van der Waals surface area contributed by atoms with E-state index < -0.39 is 11.3 Å². The number of aromatic nitrogens is 3. The van der Waals surface area contributed by atoms with E-state index in [0.717, 1.165) is 5.56 Å². The molecule has 4 aromatic rings. The molecule has 1 aliphatic rings. The molecule has 0 fully saturated rings. The van der Waals surface area contributed by atoms with Crippen molar-refractivity contribution in [2.45, 2.75) is 24.8 Å². The molecule has 9 heteroatoms. The van der Waals surface area contributed by atoms with E-state index in [-0.39, 0.29) is 12.5 Å². The van der Waals surface area contributed by atoms with E-state index in [9.17, 15) is 9.90 Å². The van der Waals surface area contributed by atoms with Gasteiger partial charge in [0, 0.05) is 42.1 Å². The van der Waals surface area contributed by atoms with Crippen LogP contribution in [0.5, 0.6) is 0 Å². The molecular weight excluding hydrogens is 499 g/mol. The number of carbonyl (C=O) groups is 1. The van der Waals surface area contributed by atoms with E-state index in [1.807, 2.05) is 31.3 Å². The Bertz CT molecular complexity index is 1430. The predicted octanol–water partition coefficient (Wildman–Crippen LogP) is 4.88. The van der Waals surface area contributed by atoms with Crippen molar-refractivity contribution in [1.29, 1.82) is 0 Å². The molecular formula is C27H24Cl2N4O3. The van der Waals surface area contributed by atoms with Crippen molar-refractivity contribution in [3.8, 4) is 0 Å². The Kier molecular flexibility index (Phi) is 6.12. The summed E-state index contributed by atoms with van der Waals surface area (Å²) >= 11 is 12.2. The Balaban J connectivity index is 1.68. The first-order valence-corrected chi connectivity index (χ1v) is 12.0. The molecule has 7 nitrogen and oxygen atoms in total. The largest absolute Gasteiger partial charge is 0.379 e. The maximum atomic E-state index is 14.0. The zero-order valence-electron chi connectivity index (χ0n) is 19.9. The standard InChI is InChI=1S/C27H24Cl2N4O3/c1-26(35,24-14-30-16-32(24)2)18-6-11-23-22(12-18)25(34)33(15-21-10-9-20(29)13-31-21)27(23,36-3)17-4-7-19(28)8-5-17/h4-14,16,35H,15H2,1-3H3/t26?,27-/m1/s1. The number of nitrogens with zero attached hydrogens (tertiary/aromatic N) is 4. The number of methoxy groups -OCH3 is 1. The number of hydrogen-bond donors (Lipinski definition) is 1. The van der Waals surface area contributed by atoms with Crippen molar-refractivity contribution < 1.29 is 14.6 Å². The van der Waals surface area contributed by atoms with E-state index in [1.54, 1.807) is 72.6 Å². The predicted molar refractivity (Wildman–Crippen MR) is 137 cm³/mol. The lowest BCUT2D eigenvalue weighted by Gasteiger charge is -2.38. The molecule has 1 amide bonds. The number of imidazole rings is 1. The molecule has 3 heterocycles. The van der Waals surface area contributed by atoms with E-state index in [0.29, 0.717) is 38.1 Å². The van der Waals surface area contributed by atoms with Crippen LogP contribution in [0.25, 0.3) is 0 Å². The first-order chi connectivity index (χ1) is 17.2. The van der Waals surface area contributed by atoms with Gasteiger partial charge in [0.25, 0.3) is 5.91 Å². The number of carbonyl (C=O) groups excluding carboxylic acids is 1. The molecule has 0 saturated carbocycles. The van der Waals surface area contributed by atoms with Gasteiger partial charge >= 0.3 is 0 Å². The van der Waals surface area contributed by atoms with Crippen LogP contribution >= 0.6 is 23.2 Å². The Morgan fingerprint density at radius 2 is 1.78 bits per heavy atom. The van der Waals surface area contributed by atoms with Gasteiger partial charge in [0.05, 0.1) is 35.5 Å². The zero-order chi connectivity index (χ0) is 25.7. The highest BCUT2D eigenvalue weighted by Gasteiger charge is 2.52. The number of rotatable bonds is 6. The summed E-state index contributed by atoms with van der Waals surface area (Å²) in [5.74, 6) is -0.249. The number of hydrogen-bond acceptors (Lipinski definition) is 5. The summed E-state index contributed by atoms with van der Waals surface area (Å²) in [5, 5.41) is 12.5. The second-order valence-corrected chi connectivity index (χ2v) is 9.81. The normalized spacial score (nSPS) is 18.8. The van der Waals surface area contributed by atoms with Crippen molar-refractivity contribution in [2.75, 3.05) is 7.11 Å². The Morgan fingerprint density at radius 3 is 2.39 bits per heavy atom. The molecule has 0 radical (unpaired) electrons. The number of amides is 1. The average molecular weight is 523 g/mol. The molecule has 1 unspecified atom stereocenters. The van der Waals surface area contributed by atoms with E-state index in [2.05, 4.69) is 9.97 Å². The van der Waals surface area contributed by atoms with Gasteiger partial charge in [-0.1, -0.05) is 47.5 Å². The van der Waals surface area contributed by atoms with Crippen LogP contribution in [0.2, 0.25) is 10.0 Å². The van der Waals surface area contributed by atoms with Gasteiger partial charge < -0.3 is 14.4 Å². The number of aliphatic hydroxyl groups is 1. The summed E-state index contributed by atoms with van der Waals surface area (Å²) < 4.78 is 7.93. The van der Waals surface area contributed by atoms with Crippen LogP contribution in [0.4, 0.5) is 0 Å². The summed E-state index contributed by atoms with van der Waals surface area (Å²) in [5.41, 5.74) is 1.05. The Morgan fingerprint density at radius 1 is 1.06 bits per heavy atom. The van der Waals surface area contributed by atoms with Crippen molar-refractivity contribution in [1.82, 2.24) is 19.4 Å². The lowest BCUT2D eigenvalue weighted by atomic mass is 9.87. The molecule has 36 heavy (non-hydrogen) atoms. The van der Waals surface area contributed by atoms with Crippen LogP contribution in [0.15, 0.2) is 73.3 Å². The third-order valence-electron chi connectivity index (χ3n) is 6.76. The molecule has 2 aromatic carbocycles. The van der Waals surface area contributed by atoms with Crippen molar-refractivity contribution in [3.05, 3.63) is 117 Å². The highest BCUT2D eigenvalue weighted by atomic mass is 35.5. The highest BCUT2D eigenvalue weighted by molar-refractivity contribution is 6.30. The van der Waals surface area contributed by atoms with E-state index in [1.165, 1.54) is 0 Å². The van der Waals surface area contributed by atoms with Gasteiger partial charge in [-0.3, -0.25) is 14.7 Å². The highest BCUT2D eigenvalue weighted by Crippen LogP contribution is 2.47. The minimum absolute atomic E-state index is 0.175. The molecule has 0 bridgehead atoms. The van der Waals surface area contributed by atoms with Crippen LogP contribution in [-0.4, -0.2) is 37.6 Å². The van der Waals surface area contributed by atoms with E-state index in [4.69, 9.17) is 27.9 Å². The maximum Gasteiger partial charge on any atom is 0.257 e. The van der Waals surface area contributed by atoms with Gasteiger partial charge in [-0.2, -0.15) is 0 Å². The molecule has 2 atom stereocenters. The van der Waals surface area contributed by atoms with Gasteiger partial charge in [-0.25, -0.2) is 4.98 Å². The minimum atomic E-state index is -1.37. The number of pyridine rings is 1. The number of ether oxygens (including phenoxy) is 1. The summed E-state index contributed by atoms with van der Waals surface area (Å²) in [4.78, 5) is 24.1. The molecule has 184 valence electrons. The third kappa shape index (κ3) is 3.79. The quantitative estimate of drug-likeness (QED) is 0.390. The van der Waals surface area contributed by atoms with Gasteiger partial charge in [-0.05, 0) is 42.8 Å². The second-order valence-electron chi connectivity index (χ2n) is 8.94. The van der Waals surface area contributed by atoms with Crippen molar-refractivity contribution in [3.63, 3.8) is 0 Å². The number of fused-ring (bicyclic) bond motifs is 1. The Labute approximate surface area is 218 Å². The number of aryl methyl sites for hydroxylation is 1. The van der Waals surface area contributed by atoms with Crippen LogP contribution in [0, 0.1) is 0 Å². The fourth-order valence-corrected chi connectivity index (χ4v) is 5.14. The smallest absolute Gasteiger partial charge is 0.257 e. The minimum Gasteiger partial charge on any atom is -0.379 e. The molecule has 0 spiro atoms. The van der Waals surface area contributed by atoms with Crippen LogP contribution in [-0.2, 0) is 29.7 Å². The van der Waals surface area contributed by atoms with Crippen LogP contribution < -0.4 is 0 Å². The molecule has 5 rings (SSSR count). The van der Waals surface area contributed by atoms with E-state index >= 15 is 0 Å². The summed E-state index contributed by atoms with van der Waals surface area (Å²) in [6.07, 6.45) is 4.78. The maximum absolute atomic E-state index is 14.0. The third-order valence-corrected chi connectivity index (χ3v) is 7.23. The van der Waals surface area contributed by atoms with Crippen LogP contribution in [0.3, 0.4) is 0 Å². The lowest BCUT2D eigenvalue weighted by molar-refractivity contribution is -0.0868. The summed E-state index contributed by atoms with van der Waals surface area (Å²) in [6, 6.07) is 16.1. The fourth-order valence-electron chi connectivity index (χ4n) is 4.90. The van der Waals surface area contributed by atoms with Crippen LogP contribution in [0.1, 0.15) is 45.4 Å². The first-order valence-electron chi connectivity index (χ1n) is 11.3. The molecule has 0 saturated heterocycles. The van der Waals surface area contributed by atoms with Gasteiger partial charge in [0.2, 0.25) is 0 Å². The van der Waals surface area contributed by atoms with Gasteiger partial charge in [-0.15, -0.1) is 0 Å². The molecule has 1 N–H and O–H groups in total. The van der Waals surface area contributed by atoms with Crippen molar-refractivity contribution in [2.24, 2.45) is 7.05 Å². The SMILES string of the molecule is CO[C@]1(c2ccc(Cl)cc2)c2ccc(C(C)(O)c3cncn3C)cc2C(=O)N1Cc1ccc(Cl)cn1. The zero-order valence-corrected chi connectivity index (χ0v) is 21.5. The van der Waals surface area contributed by atoms with Gasteiger partial charge in [0.15, 0.2) is 5.72 Å². The van der Waals surface area contributed by atoms with Crippen molar-refractivity contribution >= 4 is 29.1 Å². The molecule has 2 aromatic heterocycles. The fraction of sp³-hybridized carbons (Fsp3) is 0.222. The number of benzene rings is 2. The second kappa shape index (κ2) is 9.01. The topological polar surface area (TPSA) is 80.5 Å². The monoisotopic (exact) mass is 522 g/mol. The summed E-state index contributed by atoms with van der Waals surface area (Å²) in [7, 11) is 3.38.